The number of rotatable bonds is 8. The number of anilines is 1. The third kappa shape index (κ3) is 5.27. The van der Waals surface area contributed by atoms with E-state index < -0.39 is 6.04 Å². The molecule has 0 radical (unpaired) electrons. The number of carbonyl (C=O) groups excluding carboxylic acids is 2. The van der Waals surface area contributed by atoms with Gasteiger partial charge < -0.3 is 15.0 Å². The van der Waals surface area contributed by atoms with E-state index in [1.165, 1.54) is 16.2 Å². The van der Waals surface area contributed by atoms with Crippen LogP contribution in [0.2, 0.25) is 0 Å². The number of nitrogens with one attached hydrogen (secondary N) is 1. The maximum Gasteiger partial charge on any atom is 0.251 e. The van der Waals surface area contributed by atoms with Gasteiger partial charge in [-0.1, -0.05) is 24.3 Å². The van der Waals surface area contributed by atoms with E-state index in [1.54, 1.807) is 24.3 Å². The SMILES string of the molecule is CNC1CC(C)N(C(=O)C(c2cccs2)N(C(=O)CCl)c2ccc(Oc3ccccc3)cc2)C1. The molecule has 4 rings (SSSR count). The molecule has 3 atom stereocenters. The number of amides is 2. The number of carbonyl (C=O) groups is 2. The average Bonchev–Trinajstić information content (AvgIpc) is 3.52. The van der Waals surface area contributed by atoms with Gasteiger partial charge in [0.15, 0.2) is 0 Å². The van der Waals surface area contributed by atoms with Gasteiger partial charge in [-0.2, -0.15) is 0 Å². The molecule has 0 spiro atoms. The lowest BCUT2D eigenvalue weighted by Crippen LogP contribution is -2.47. The van der Waals surface area contributed by atoms with Crippen molar-refractivity contribution in [3.05, 3.63) is 77.0 Å². The van der Waals surface area contributed by atoms with Crippen molar-refractivity contribution >= 4 is 40.4 Å². The number of likely N-dealkylation sites (N-methyl/N-ethyl adjacent to an activating group) is 1. The first-order valence-corrected chi connectivity index (χ1v) is 12.7. The molecule has 3 aromatic rings. The number of thiophene rings is 1. The molecule has 3 unspecified atom stereocenters. The predicted octanol–water partition coefficient (Wildman–Crippen LogP) is 5.06. The second-order valence-electron chi connectivity index (χ2n) is 8.29. The van der Waals surface area contributed by atoms with Gasteiger partial charge >= 0.3 is 0 Å². The van der Waals surface area contributed by atoms with Gasteiger partial charge in [-0.3, -0.25) is 14.5 Å². The molecule has 1 aliphatic heterocycles. The zero-order valence-electron chi connectivity index (χ0n) is 19.2. The van der Waals surface area contributed by atoms with Gasteiger partial charge in [0.05, 0.1) is 0 Å². The summed E-state index contributed by atoms with van der Waals surface area (Å²) in [5.41, 5.74) is 0.592. The number of benzene rings is 2. The molecule has 0 bridgehead atoms. The number of halogens is 1. The van der Waals surface area contributed by atoms with Crippen LogP contribution in [0, 0.1) is 0 Å². The monoisotopic (exact) mass is 497 g/mol. The summed E-state index contributed by atoms with van der Waals surface area (Å²) in [4.78, 5) is 31.2. The van der Waals surface area contributed by atoms with Crippen LogP contribution in [0.3, 0.4) is 0 Å². The molecule has 1 N–H and O–H groups in total. The number of alkyl halides is 1. The minimum absolute atomic E-state index is 0.0713. The summed E-state index contributed by atoms with van der Waals surface area (Å²) >= 11 is 7.49. The highest BCUT2D eigenvalue weighted by Gasteiger charge is 2.40. The molecule has 34 heavy (non-hydrogen) atoms. The summed E-state index contributed by atoms with van der Waals surface area (Å²) < 4.78 is 5.89. The molecule has 2 heterocycles. The molecule has 0 aliphatic carbocycles. The summed E-state index contributed by atoms with van der Waals surface area (Å²) in [5.74, 6) is 0.694. The van der Waals surface area contributed by atoms with E-state index in [0.717, 1.165) is 17.0 Å². The molecule has 8 heteroatoms. The normalized spacial score (nSPS) is 18.5. The first-order valence-electron chi connectivity index (χ1n) is 11.2. The maximum absolute atomic E-state index is 13.9. The molecule has 6 nitrogen and oxygen atoms in total. The first-order chi connectivity index (χ1) is 16.5. The topological polar surface area (TPSA) is 61.9 Å². The summed E-state index contributed by atoms with van der Waals surface area (Å²) in [6, 6.07) is 20.0. The van der Waals surface area contributed by atoms with Crippen LogP contribution >= 0.6 is 22.9 Å². The van der Waals surface area contributed by atoms with Crippen molar-refractivity contribution in [2.75, 3.05) is 24.4 Å². The van der Waals surface area contributed by atoms with Crippen LogP contribution in [0.15, 0.2) is 72.1 Å². The molecule has 1 fully saturated rings. The molecule has 1 aromatic heterocycles. The lowest BCUT2D eigenvalue weighted by molar-refractivity contribution is -0.135. The lowest BCUT2D eigenvalue weighted by atomic mass is 10.1. The summed E-state index contributed by atoms with van der Waals surface area (Å²) in [7, 11) is 1.91. The largest absolute Gasteiger partial charge is 0.457 e. The Morgan fingerprint density at radius 3 is 2.41 bits per heavy atom. The highest BCUT2D eigenvalue weighted by Crippen LogP contribution is 2.35. The van der Waals surface area contributed by atoms with Gasteiger partial charge in [0, 0.05) is 29.2 Å². The Kier molecular flexibility index (Phi) is 7.88. The highest BCUT2D eigenvalue weighted by molar-refractivity contribution is 7.10. The van der Waals surface area contributed by atoms with Crippen LogP contribution in [-0.2, 0) is 9.59 Å². The van der Waals surface area contributed by atoms with Crippen LogP contribution in [0.1, 0.15) is 24.3 Å². The Hall–Kier alpha value is -2.87. The van der Waals surface area contributed by atoms with Gasteiger partial charge in [-0.05, 0) is 68.2 Å². The molecular formula is C26H28ClN3O3S. The van der Waals surface area contributed by atoms with Crippen LogP contribution in [0.25, 0.3) is 0 Å². The molecule has 1 saturated heterocycles. The van der Waals surface area contributed by atoms with E-state index in [-0.39, 0.29) is 29.8 Å². The fraction of sp³-hybridized carbons (Fsp3) is 0.308. The van der Waals surface area contributed by atoms with Crippen LogP contribution < -0.4 is 15.0 Å². The number of ether oxygens (including phenoxy) is 1. The number of para-hydroxylation sites is 1. The van der Waals surface area contributed by atoms with Crippen molar-refractivity contribution in [3.63, 3.8) is 0 Å². The van der Waals surface area contributed by atoms with Gasteiger partial charge in [-0.15, -0.1) is 22.9 Å². The predicted molar refractivity (Wildman–Crippen MR) is 137 cm³/mol. The standard InChI is InChI=1S/C26H28ClN3O3S/c1-18-15-19(28-2)17-29(18)26(32)25(23-9-6-14-34-23)30(24(31)16-27)20-10-12-22(13-11-20)33-21-7-4-3-5-8-21/h3-14,18-19,25,28H,15-17H2,1-2H3. The van der Waals surface area contributed by atoms with Crippen molar-refractivity contribution in [1.82, 2.24) is 10.2 Å². The molecule has 2 aromatic carbocycles. The Morgan fingerprint density at radius 2 is 1.82 bits per heavy atom. The second-order valence-corrected chi connectivity index (χ2v) is 9.53. The average molecular weight is 498 g/mol. The Morgan fingerprint density at radius 1 is 1.12 bits per heavy atom. The van der Waals surface area contributed by atoms with Gasteiger partial charge in [0.2, 0.25) is 5.91 Å². The number of likely N-dealkylation sites (tertiary alicyclic amines) is 1. The number of nitrogens with zero attached hydrogens (tertiary/aromatic N) is 2. The zero-order chi connectivity index (χ0) is 24.1. The first kappa shape index (κ1) is 24.3. The molecular weight excluding hydrogens is 470 g/mol. The van der Waals surface area contributed by atoms with Crippen molar-refractivity contribution in [2.45, 2.75) is 31.5 Å². The van der Waals surface area contributed by atoms with Crippen molar-refractivity contribution in [1.29, 1.82) is 0 Å². The van der Waals surface area contributed by atoms with E-state index in [1.807, 2.05) is 66.7 Å². The van der Waals surface area contributed by atoms with Gasteiger partial charge in [0.1, 0.15) is 23.4 Å². The minimum atomic E-state index is -0.787. The fourth-order valence-electron chi connectivity index (χ4n) is 4.31. The lowest BCUT2D eigenvalue weighted by Gasteiger charge is -2.34. The van der Waals surface area contributed by atoms with E-state index in [2.05, 4.69) is 5.32 Å². The van der Waals surface area contributed by atoms with E-state index in [9.17, 15) is 9.59 Å². The van der Waals surface area contributed by atoms with Crippen LogP contribution in [0.5, 0.6) is 11.5 Å². The quantitative estimate of drug-likeness (QED) is 0.442. The number of hydrogen-bond donors (Lipinski definition) is 1. The number of hydrogen-bond acceptors (Lipinski definition) is 5. The fourth-order valence-corrected chi connectivity index (χ4v) is 5.25. The Balaban J connectivity index is 1.67. The second kappa shape index (κ2) is 11.0. The van der Waals surface area contributed by atoms with Crippen molar-refractivity contribution < 1.29 is 14.3 Å². The summed E-state index contributed by atoms with van der Waals surface area (Å²) in [5, 5.41) is 5.18. The highest BCUT2D eigenvalue weighted by atomic mass is 35.5. The molecule has 178 valence electrons. The molecule has 0 saturated carbocycles. The van der Waals surface area contributed by atoms with Crippen molar-refractivity contribution in [3.8, 4) is 11.5 Å². The Labute approximate surface area is 209 Å². The summed E-state index contributed by atoms with van der Waals surface area (Å²) in [6.07, 6.45) is 0.869. The zero-order valence-corrected chi connectivity index (χ0v) is 20.8. The van der Waals surface area contributed by atoms with Gasteiger partial charge in [0.25, 0.3) is 5.91 Å². The summed E-state index contributed by atoms with van der Waals surface area (Å²) in [6.45, 7) is 2.65. The molecule has 1 aliphatic rings. The third-order valence-corrected chi connectivity index (χ3v) is 7.20. The maximum atomic E-state index is 13.9. The molecule has 2 amide bonds. The van der Waals surface area contributed by atoms with Crippen LogP contribution in [-0.4, -0.2) is 48.3 Å². The minimum Gasteiger partial charge on any atom is -0.457 e. The third-order valence-electron chi connectivity index (χ3n) is 6.05. The Bertz CT molecular complexity index is 1090. The van der Waals surface area contributed by atoms with E-state index in [4.69, 9.17) is 16.3 Å². The van der Waals surface area contributed by atoms with E-state index in [0.29, 0.717) is 18.0 Å². The van der Waals surface area contributed by atoms with Crippen LogP contribution in [0.4, 0.5) is 5.69 Å². The van der Waals surface area contributed by atoms with Crippen molar-refractivity contribution in [2.24, 2.45) is 0 Å². The van der Waals surface area contributed by atoms with E-state index >= 15 is 0 Å². The van der Waals surface area contributed by atoms with Gasteiger partial charge in [-0.25, -0.2) is 0 Å². The smallest absolute Gasteiger partial charge is 0.251 e.